The Morgan fingerprint density at radius 1 is 0.277 bits per heavy atom. The molecule has 0 spiro atoms. The summed E-state index contributed by atoms with van der Waals surface area (Å²) in [7, 11) is -29.8. The normalized spacial score (nSPS) is 12.1. The topological polar surface area (TPSA) is 334 Å². The molecule has 0 saturated heterocycles. The summed E-state index contributed by atoms with van der Waals surface area (Å²) >= 11 is 69.1. The summed E-state index contributed by atoms with van der Waals surface area (Å²) < 4.78 is 198. The number of sulfone groups is 1. The van der Waals surface area contributed by atoms with Gasteiger partial charge in [-0.15, -0.1) is 56.7 Å². The minimum absolute atomic E-state index is 0.00917. The molecule has 0 radical (unpaired) electrons. The van der Waals surface area contributed by atoms with E-state index in [1.807, 2.05) is 65.8 Å². The number of sulfonamides is 6. The molecule has 0 saturated carbocycles. The first-order valence-corrected chi connectivity index (χ1v) is 58.4. The second kappa shape index (κ2) is 41.8. The number of aromatic nitrogens is 5. The fraction of sp³-hybridized carbons (Fsp3) is 0.163. The lowest BCUT2D eigenvalue weighted by molar-refractivity contribution is 0.580. The molecule has 0 atom stereocenters. The Morgan fingerprint density at radius 2 is 0.628 bits per heavy atom. The molecule has 5 aromatic heterocycles. The average Bonchev–Trinajstić information content (AvgIpc) is 1.17. The number of hydrogen-bond donors (Lipinski definition) is 2. The standard InChI is InChI=1S/C23H20Cl2N2O4S3.C22H17Cl3N2O4S3.C16H13Cl2NO2S2.C16H15ClN2O2S2.C15H12Cl2N2O2S2/c1-13-11-19-21(32-16(4)26-19)12-20(13)27(33(28,29)22-9-5-7-17(24)14(22)2)34(30,31)23-10-6-8-18(25)15(23)3;1-12-6-4-9-19(20(12)24)34(30,31)27(33(28,29)18-8-5-7-15(23)13(18)2)16-10-11-17-22(21(16)25)26-14(3)32-17;1-9-5-14-15(22-10(2)19-14)6-11(9)8-23(20,21)16-7-12(17)3-4-13(16)18;1-9-7-14-15(22-11(3)18-14)8-13(9)19-23(20,21)16-6-4-5-12(17)10(16)2;1-8-10(16)4-3-5-13(8)23(20,21)19-11-6-7-12-15(14(11)17)18-9(2)22-12/h5-12H,1-4H3;4-11H,1-3H3;3-7H,8H2,1-2H3;4-8,19H,1-3H3;3-7,19H,1-2H3. The number of anilines is 4. The molecule has 45 heteroatoms. The van der Waals surface area contributed by atoms with Crippen LogP contribution in [0.1, 0.15) is 80.7 Å². The molecule has 23 nitrogen and oxygen atoms in total. The van der Waals surface area contributed by atoms with Gasteiger partial charge in [0.05, 0.1) is 143 Å². The summed E-state index contributed by atoms with van der Waals surface area (Å²) in [5, 5.41) is 6.27. The van der Waals surface area contributed by atoms with Gasteiger partial charge in [-0.05, 0) is 298 Å². The number of rotatable bonds is 19. The zero-order valence-corrected chi connectivity index (χ0v) is 91.5. The van der Waals surface area contributed by atoms with Crippen molar-refractivity contribution in [2.45, 2.75) is 137 Å². The number of thiazole rings is 5. The molecule has 0 fully saturated rings. The Kier molecular flexibility index (Phi) is 32.4. The Balaban J connectivity index is 0.000000146. The van der Waals surface area contributed by atoms with Crippen molar-refractivity contribution in [3.8, 4) is 0 Å². The van der Waals surface area contributed by atoms with Gasteiger partial charge >= 0.3 is 0 Å². The summed E-state index contributed by atoms with van der Waals surface area (Å²) in [6.45, 7) is 24.3. The Labute approximate surface area is 863 Å². The number of fused-ring (bicyclic) bond motifs is 5. The van der Waals surface area contributed by atoms with Crippen molar-refractivity contribution in [3.63, 3.8) is 0 Å². The van der Waals surface area contributed by atoms with Crippen LogP contribution in [-0.2, 0) is 75.7 Å². The van der Waals surface area contributed by atoms with E-state index in [0.29, 0.717) is 87.1 Å². The monoisotopic (exact) mass is 2260 g/mol. The molecule has 2 N–H and O–H groups in total. The molecule has 0 unspecified atom stereocenters. The van der Waals surface area contributed by atoms with Crippen LogP contribution in [0.4, 0.5) is 22.7 Å². The molecule has 0 aliphatic rings. The van der Waals surface area contributed by atoms with E-state index in [1.54, 1.807) is 131 Å². The smallest absolute Gasteiger partial charge is 0.279 e. The van der Waals surface area contributed by atoms with E-state index < -0.39 is 70.0 Å². The fourth-order valence-electron chi connectivity index (χ4n) is 14.1. The van der Waals surface area contributed by atoms with E-state index in [-0.39, 0.29) is 103 Å². The zero-order valence-electron chi connectivity index (χ0n) is 74.1. The number of benzene rings is 12. The highest BCUT2D eigenvalue weighted by atomic mass is 35.5. The first kappa shape index (κ1) is 106. The Hall–Kier alpha value is -8.16. The van der Waals surface area contributed by atoms with E-state index in [1.165, 1.54) is 145 Å². The molecular weight excluding hydrogens is 2190 g/mol. The van der Waals surface area contributed by atoms with Crippen LogP contribution in [0, 0.1) is 96.9 Å². The third-order valence-electron chi connectivity index (χ3n) is 21.1. The van der Waals surface area contributed by atoms with Crippen LogP contribution in [0.2, 0.25) is 50.2 Å². The summed E-state index contributed by atoms with van der Waals surface area (Å²) in [4.78, 5) is 21.3. The summed E-state index contributed by atoms with van der Waals surface area (Å²) in [6.07, 6.45) is 0. The van der Waals surface area contributed by atoms with Crippen LogP contribution in [0.3, 0.4) is 0 Å². The molecule has 0 amide bonds. The maximum atomic E-state index is 14.1. The molecule has 12 aromatic carbocycles. The van der Waals surface area contributed by atoms with Crippen LogP contribution in [0.25, 0.3) is 51.1 Å². The van der Waals surface area contributed by atoms with Gasteiger partial charge in [0.2, 0.25) is 0 Å². The number of halogens is 10. The third kappa shape index (κ3) is 22.5. The summed E-state index contributed by atoms with van der Waals surface area (Å²) in [5.41, 5.74) is 9.02. The van der Waals surface area contributed by atoms with Gasteiger partial charge in [0.25, 0.3) is 60.1 Å². The van der Waals surface area contributed by atoms with Gasteiger partial charge in [0.15, 0.2) is 9.84 Å². The highest BCUT2D eigenvalue weighted by Crippen LogP contribution is 2.46. The van der Waals surface area contributed by atoms with Crippen LogP contribution >= 0.6 is 173 Å². The van der Waals surface area contributed by atoms with Gasteiger partial charge in [0, 0.05) is 30.1 Å². The molecular formula is C92H77Cl10N9O14S12. The molecule has 716 valence electrons. The van der Waals surface area contributed by atoms with Gasteiger partial charge in [-0.3, -0.25) is 9.44 Å². The number of nitrogens with one attached hydrogen (secondary N) is 2. The van der Waals surface area contributed by atoms with Crippen molar-refractivity contribution < 1.29 is 58.9 Å². The molecule has 17 rings (SSSR count). The van der Waals surface area contributed by atoms with E-state index in [0.717, 1.165) is 61.9 Å². The number of aryl methyl sites for hydroxylation is 9. The highest BCUT2D eigenvalue weighted by Gasteiger charge is 2.43. The average molecular weight is 2270 g/mol. The van der Waals surface area contributed by atoms with Crippen molar-refractivity contribution >= 4 is 317 Å². The van der Waals surface area contributed by atoms with Crippen molar-refractivity contribution in [1.29, 1.82) is 0 Å². The second-order valence-electron chi connectivity index (χ2n) is 30.8. The molecule has 0 aliphatic carbocycles. The number of nitrogens with zero attached hydrogens (tertiary/aromatic N) is 7. The summed E-state index contributed by atoms with van der Waals surface area (Å²) in [6, 6.07) is 48.5. The Morgan fingerprint density at radius 3 is 1.09 bits per heavy atom. The second-order valence-corrected chi connectivity index (χ2v) is 53.8. The lowest BCUT2D eigenvalue weighted by atomic mass is 10.1. The van der Waals surface area contributed by atoms with Crippen LogP contribution in [-0.4, -0.2) is 83.8 Å². The lowest BCUT2D eigenvalue weighted by Gasteiger charge is -2.27. The van der Waals surface area contributed by atoms with E-state index in [2.05, 4.69) is 34.4 Å². The van der Waals surface area contributed by atoms with Crippen molar-refractivity contribution in [3.05, 3.63) is 319 Å². The SMILES string of the molecule is Cc1nc2c(Cl)c(N(S(=O)(=O)c3cccc(Cl)c3C)S(=O)(=O)c3cccc(C)c3Cl)ccc2s1.Cc1nc2c(Cl)c(NS(=O)(=O)c3cccc(Cl)c3C)ccc2s1.Cc1nc2cc(C)c(CS(=O)(=O)c3cc(Cl)ccc3Cl)cc2s1.Cc1nc2cc(C)c(N(S(=O)(=O)c3cccc(Cl)c3C)S(=O)(=O)c3cccc(Cl)c3C)cc2s1.Cc1nc2cc(C)c(NS(=O)(=O)c3cccc(Cl)c3C)cc2s1. The largest absolute Gasteiger partial charge is 0.279 e. The lowest BCUT2D eigenvalue weighted by Crippen LogP contribution is -2.38. The molecule has 0 bridgehead atoms. The van der Waals surface area contributed by atoms with Crippen molar-refractivity contribution in [2.24, 2.45) is 0 Å². The first-order chi connectivity index (χ1) is 64.0. The fourth-order valence-corrected chi connectivity index (χ4v) is 34.1. The van der Waals surface area contributed by atoms with Crippen molar-refractivity contribution in [1.82, 2.24) is 24.9 Å². The minimum atomic E-state index is -4.77. The molecule has 5 heterocycles. The minimum Gasteiger partial charge on any atom is -0.279 e. The predicted molar refractivity (Wildman–Crippen MR) is 566 cm³/mol. The van der Waals surface area contributed by atoms with Crippen molar-refractivity contribution in [2.75, 3.05) is 16.9 Å². The molecule has 17 aromatic rings. The third-order valence-corrected chi connectivity index (χ3v) is 43.3. The molecule has 0 aliphatic heterocycles. The van der Waals surface area contributed by atoms with Gasteiger partial charge in [-0.1, -0.05) is 158 Å². The maximum absolute atomic E-state index is 14.1. The highest BCUT2D eigenvalue weighted by molar-refractivity contribution is 8.11. The number of hydrogen-bond acceptors (Lipinski definition) is 24. The van der Waals surface area contributed by atoms with Crippen LogP contribution < -0.4 is 16.9 Å². The predicted octanol–water partition coefficient (Wildman–Crippen LogP) is 28.1. The quantitative estimate of drug-likeness (QED) is 0.0759. The molecule has 137 heavy (non-hydrogen) atoms. The van der Waals surface area contributed by atoms with Gasteiger partial charge in [-0.25, -0.2) is 50.2 Å². The Bertz CT molecular complexity index is 8110. The summed E-state index contributed by atoms with van der Waals surface area (Å²) in [5.74, 6) is -0.119. The van der Waals surface area contributed by atoms with E-state index in [9.17, 15) is 58.9 Å². The van der Waals surface area contributed by atoms with E-state index in [4.69, 9.17) is 116 Å². The van der Waals surface area contributed by atoms with E-state index >= 15 is 0 Å². The van der Waals surface area contributed by atoms with Gasteiger partial charge in [-0.2, -0.15) is 41.1 Å². The van der Waals surface area contributed by atoms with Crippen LogP contribution in [0.5, 0.6) is 0 Å². The van der Waals surface area contributed by atoms with Gasteiger partial charge < -0.3 is 0 Å². The van der Waals surface area contributed by atoms with Crippen LogP contribution in [0.15, 0.2) is 222 Å². The zero-order chi connectivity index (χ0) is 100. The maximum Gasteiger partial charge on any atom is 0.279 e. The first-order valence-electron chi connectivity index (χ1n) is 40.1. The van der Waals surface area contributed by atoms with Gasteiger partial charge in [0.1, 0.15) is 15.9 Å².